The van der Waals surface area contributed by atoms with Crippen LogP contribution < -0.4 is 10.6 Å². The van der Waals surface area contributed by atoms with E-state index in [-0.39, 0.29) is 29.8 Å². The fourth-order valence-electron chi connectivity index (χ4n) is 2.48. The van der Waals surface area contributed by atoms with Crippen molar-refractivity contribution in [2.24, 2.45) is 4.99 Å². The van der Waals surface area contributed by atoms with Crippen molar-refractivity contribution >= 4 is 29.9 Å². The highest BCUT2D eigenvalue weighted by atomic mass is 127. The van der Waals surface area contributed by atoms with E-state index in [2.05, 4.69) is 27.8 Å². The van der Waals surface area contributed by atoms with Crippen molar-refractivity contribution in [2.75, 3.05) is 13.7 Å². The van der Waals surface area contributed by atoms with Crippen LogP contribution in [0.3, 0.4) is 0 Å². The summed E-state index contributed by atoms with van der Waals surface area (Å²) >= 11 is 0. The summed E-state index contributed by atoms with van der Waals surface area (Å²) in [4.78, 5) is 4.24. The molecule has 0 bridgehead atoms. The number of nitrogens with zero attached hydrogens (tertiary/aromatic N) is 1. The third-order valence-electron chi connectivity index (χ3n) is 3.93. The maximum absolute atomic E-state index is 13.3. The molecule has 2 rings (SSSR count). The molecule has 0 radical (unpaired) electrons. The van der Waals surface area contributed by atoms with Gasteiger partial charge in [0.05, 0.1) is 6.61 Å². The van der Waals surface area contributed by atoms with Gasteiger partial charge in [0.25, 0.3) is 0 Å². The molecule has 2 N–H and O–H groups in total. The first-order chi connectivity index (χ1) is 12.1. The van der Waals surface area contributed by atoms with E-state index in [0.717, 1.165) is 5.56 Å². The summed E-state index contributed by atoms with van der Waals surface area (Å²) < 4.78 is 18.8. The number of aryl methyl sites for hydroxylation is 1. The van der Waals surface area contributed by atoms with Crippen LogP contribution in [0.2, 0.25) is 0 Å². The molecule has 2 aromatic rings. The molecule has 0 saturated heterocycles. The normalized spacial score (nSPS) is 11.0. The minimum absolute atomic E-state index is 0. The summed E-state index contributed by atoms with van der Waals surface area (Å²) in [5, 5.41) is 6.56. The minimum Gasteiger partial charge on any atom is -0.377 e. The van der Waals surface area contributed by atoms with Crippen LogP contribution in [0.15, 0.2) is 47.5 Å². The first-order valence-electron chi connectivity index (χ1n) is 8.48. The van der Waals surface area contributed by atoms with E-state index < -0.39 is 0 Å². The highest BCUT2D eigenvalue weighted by Crippen LogP contribution is 2.10. The Bertz CT molecular complexity index is 722. The van der Waals surface area contributed by atoms with Crippen LogP contribution in [-0.2, 0) is 24.4 Å². The molecule has 0 aliphatic rings. The topological polar surface area (TPSA) is 45.6 Å². The molecule has 6 heteroatoms. The third-order valence-corrected chi connectivity index (χ3v) is 3.93. The predicted molar refractivity (Wildman–Crippen MR) is 115 cm³/mol. The van der Waals surface area contributed by atoms with E-state index in [0.29, 0.717) is 37.8 Å². The van der Waals surface area contributed by atoms with Gasteiger partial charge in [-0.2, -0.15) is 0 Å². The van der Waals surface area contributed by atoms with Crippen LogP contribution in [0.1, 0.15) is 29.2 Å². The number of guanidine groups is 1. The molecule has 0 heterocycles. The lowest BCUT2D eigenvalue weighted by Gasteiger charge is -2.14. The first kappa shape index (κ1) is 22.4. The Morgan fingerprint density at radius 1 is 1.08 bits per heavy atom. The van der Waals surface area contributed by atoms with Gasteiger partial charge in [0.15, 0.2) is 5.96 Å². The summed E-state index contributed by atoms with van der Waals surface area (Å²) in [6.45, 7) is 6.30. The molecule has 142 valence electrons. The Balaban J connectivity index is 0.00000338. The number of aliphatic imine (C=N–C) groups is 1. The zero-order chi connectivity index (χ0) is 18.1. The monoisotopic (exact) mass is 471 g/mol. The number of ether oxygens (including phenoxy) is 1. The third kappa shape index (κ3) is 6.92. The summed E-state index contributed by atoms with van der Waals surface area (Å²) in [5.74, 6) is 0.519. The van der Waals surface area contributed by atoms with Gasteiger partial charge in [0.2, 0.25) is 0 Å². The van der Waals surface area contributed by atoms with E-state index >= 15 is 0 Å². The van der Waals surface area contributed by atoms with Crippen molar-refractivity contribution in [2.45, 2.75) is 33.5 Å². The molecule has 0 fully saturated rings. The Morgan fingerprint density at radius 2 is 1.77 bits per heavy atom. The molecule has 0 aliphatic heterocycles. The first-order valence-corrected chi connectivity index (χ1v) is 8.48. The van der Waals surface area contributed by atoms with Crippen LogP contribution in [-0.4, -0.2) is 19.6 Å². The van der Waals surface area contributed by atoms with Crippen molar-refractivity contribution < 1.29 is 9.13 Å². The van der Waals surface area contributed by atoms with E-state index in [1.165, 1.54) is 17.2 Å². The predicted octanol–water partition coefficient (Wildman–Crippen LogP) is 4.15. The lowest BCUT2D eigenvalue weighted by atomic mass is 10.1. The average molecular weight is 471 g/mol. The fourth-order valence-corrected chi connectivity index (χ4v) is 2.48. The van der Waals surface area contributed by atoms with Crippen LogP contribution in [0.5, 0.6) is 0 Å². The highest BCUT2D eigenvalue weighted by Gasteiger charge is 2.04. The largest absolute Gasteiger partial charge is 0.377 e. The Morgan fingerprint density at radius 3 is 2.42 bits per heavy atom. The maximum Gasteiger partial charge on any atom is 0.191 e. The van der Waals surface area contributed by atoms with Gasteiger partial charge < -0.3 is 15.4 Å². The summed E-state index contributed by atoms with van der Waals surface area (Å²) in [7, 11) is 1.73. The Hall–Kier alpha value is -1.67. The van der Waals surface area contributed by atoms with Crippen LogP contribution in [0, 0.1) is 12.7 Å². The van der Waals surface area contributed by atoms with Crippen molar-refractivity contribution in [1.82, 2.24) is 10.6 Å². The molecule has 0 atom stereocenters. The molecule has 26 heavy (non-hydrogen) atoms. The van der Waals surface area contributed by atoms with Gasteiger partial charge in [-0.05, 0) is 42.2 Å². The summed E-state index contributed by atoms with van der Waals surface area (Å²) in [5.41, 5.74) is 4.00. The number of rotatable bonds is 7. The molecule has 0 unspecified atom stereocenters. The highest BCUT2D eigenvalue weighted by molar-refractivity contribution is 14.0. The zero-order valence-corrected chi connectivity index (χ0v) is 17.8. The lowest BCUT2D eigenvalue weighted by molar-refractivity contribution is 0.133. The second-order valence-electron chi connectivity index (χ2n) is 5.77. The van der Waals surface area contributed by atoms with Crippen molar-refractivity contribution in [3.63, 3.8) is 0 Å². The molecule has 2 aromatic carbocycles. The van der Waals surface area contributed by atoms with Gasteiger partial charge in [-0.1, -0.05) is 36.4 Å². The number of hydrogen-bond acceptors (Lipinski definition) is 2. The van der Waals surface area contributed by atoms with Gasteiger partial charge >= 0.3 is 0 Å². The van der Waals surface area contributed by atoms with Crippen molar-refractivity contribution in [1.29, 1.82) is 0 Å². The van der Waals surface area contributed by atoms with E-state index in [9.17, 15) is 4.39 Å². The average Bonchev–Trinajstić information content (AvgIpc) is 2.63. The van der Waals surface area contributed by atoms with Gasteiger partial charge in [-0.25, -0.2) is 4.39 Å². The van der Waals surface area contributed by atoms with Crippen molar-refractivity contribution in [3.8, 4) is 0 Å². The molecule has 0 saturated carbocycles. The summed E-state index contributed by atoms with van der Waals surface area (Å²) in [6.07, 6.45) is 0. The zero-order valence-electron chi connectivity index (χ0n) is 15.5. The van der Waals surface area contributed by atoms with Crippen molar-refractivity contribution in [3.05, 3.63) is 70.5 Å². The molecular formula is C20H27FIN3O. The quantitative estimate of drug-likeness (QED) is 0.362. The Labute approximate surface area is 172 Å². The summed E-state index contributed by atoms with van der Waals surface area (Å²) in [6, 6.07) is 13.3. The van der Waals surface area contributed by atoms with Gasteiger partial charge in [0, 0.05) is 26.7 Å². The molecular weight excluding hydrogens is 444 g/mol. The second kappa shape index (κ2) is 11.9. The van der Waals surface area contributed by atoms with Gasteiger partial charge in [-0.3, -0.25) is 4.99 Å². The molecule has 0 aromatic heterocycles. The van der Waals surface area contributed by atoms with E-state index in [4.69, 9.17) is 4.74 Å². The van der Waals surface area contributed by atoms with Crippen LogP contribution in [0.25, 0.3) is 0 Å². The van der Waals surface area contributed by atoms with Gasteiger partial charge in [0.1, 0.15) is 5.82 Å². The number of halogens is 2. The van der Waals surface area contributed by atoms with Crippen LogP contribution in [0.4, 0.5) is 4.39 Å². The second-order valence-corrected chi connectivity index (χ2v) is 5.77. The lowest BCUT2D eigenvalue weighted by Crippen LogP contribution is -2.36. The van der Waals surface area contributed by atoms with E-state index in [1.807, 2.05) is 25.1 Å². The molecule has 0 spiro atoms. The minimum atomic E-state index is -0.183. The maximum atomic E-state index is 13.3. The standard InChI is InChI=1S/C20H26FN3O.HI/c1-4-25-14-18-8-6-5-7-17(18)13-24-20(22-3)23-12-16-9-10-19(21)15(2)11-16;/h5-11H,4,12-14H2,1-3H3,(H2,22,23,24);1H. The smallest absolute Gasteiger partial charge is 0.191 e. The number of hydrogen-bond donors (Lipinski definition) is 2. The van der Waals surface area contributed by atoms with Crippen LogP contribution >= 0.6 is 24.0 Å². The number of benzene rings is 2. The Kier molecular flexibility index (Phi) is 10.2. The van der Waals surface area contributed by atoms with Gasteiger partial charge in [-0.15, -0.1) is 24.0 Å². The SMILES string of the molecule is CCOCc1ccccc1CNC(=NC)NCc1ccc(F)c(C)c1.I. The molecule has 0 amide bonds. The molecule has 4 nitrogen and oxygen atoms in total. The fraction of sp³-hybridized carbons (Fsp3) is 0.350. The van der Waals surface area contributed by atoms with E-state index in [1.54, 1.807) is 20.0 Å². The molecule has 0 aliphatic carbocycles. The number of nitrogens with one attached hydrogen (secondary N) is 2.